The van der Waals surface area contributed by atoms with Crippen molar-refractivity contribution in [1.29, 1.82) is 0 Å². The minimum absolute atomic E-state index is 0.0517. The first-order valence-corrected chi connectivity index (χ1v) is 12.1. The molecule has 0 saturated carbocycles. The van der Waals surface area contributed by atoms with Crippen LogP contribution >= 0.6 is 0 Å². The van der Waals surface area contributed by atoms with Crippen LogP contribution in [-0.2, 0) is 20.9 Å². The smallest absolute Gasteiger partial charge is 0.247 e. The van der Waals surface area contributed by atoms with E-state index < -0.39 is 17.5 Å². The highest BCUT2D eigenvalue weighted by molar-refractivity contribution is 5.89. The minimum Gasteiger partial charge on any atom is -0.508 e. The number of carbonyl (C=O) groups is 2. The third-order valence-corrected chi connectivity index (χ3v) is 5.84. The van der Waals surface area contributed by atoms with Crippen molar-refractivity contribution in [3.63, 3.8) is 0 Å². The van der Waals surface area contributed by atoms with Gasteiger partial charge in [0.15, 0.2) is 0 Å². The molecule has 11 heteroatoms. The molecule has 10 nitrogen and oxygen atoms in total. The van der Waals surface area contributed by atoms with Crippen LogP contribution in [0.2, 0.25) is 0 Å². The summed E-state index contributed by atoms with van der Waals surface area (Å²) in [6.07, 6.45) is 1.42. The number of halogens is 1. The molecule has 1 aliphatic rings. The number of rotatable bonds is 8. The maximum atomic E-state index is 13.7. The first-order chi connectivity index (χ1) is 17.6. The molecular formula is C26H31FN6O4. The van der Waals surface area contributed by atoms with E-state index in [1.54, 1.807) is 12.1 Å². The molecule has 2 aromatic carbocycles. The summed E-state index contributed by atoms with van der Waals surface area (Å²) in [5.41, 5.74) is 0.565. The predicted molar refractivity (Wildman–Crippen MR) is 133 cm³/mol. The lowest BCUT2D eigenvalue weighted by Crippen LogP contribution is -2.51. The number of nitrogens with one attached hydrogen (secondary N) is 1. The number of phenolic OH excluding ortho intramolecular Hbond substituents is 1. The summed E-state index contributed by atoms with van der Waals surface area (Å²) < 4.78 is 19.1. The molecule has 0 radical (unpaired) electrons. The van der Waals surface area contributed by atoms with Crippen molar-refractivity contribution in [3.05, 3.63) is 59.9 Å². The molecule has 1 aromatic heterocycles. The Bertz CT molecular complexity index is 1220. The molecule has 2 atom stereocenters. The molecule has 0 aliphatic carbocycles. The fourth-order valence-corrected chi connectivity index (χ4v) is 4.16. The van der Waals surface area contributed by atoms with Gasteiger partial charge in [0.2, 0.25) is 17.6 Å². The van der Waals surface area contributed by atoms with Gasteiger partial charge in [-0.15, -0.1) is 10.2 Å². The van der Waals surface area contributed by atoms with Crippen LogP contribution in [0.15, 0.2) is 48.5 Å². The van der Waals surface area contributed by atoms with Gasteiger partial charge in [-0.2, -0.15) is 4.80 Å². The Balaban J connectivity index is 1.64. The Morgan fingerprint density at radius 1 is 1.19 bits per heavy atom. The van der Waals surface area contributed by atoms with E-state index in [-0.39, 0.29) is 42.5 Å². The molecule has 4 rings (SSSR count). The summed E-state index contributed by atoms with van der Waals surface area (Å²) in [5, 5.41) is 25.0. The Labute approximate surface area is 214 Å². The van der Waals surface area contributed by atoms with Gasteiger partial charge < -0.3 is 20.1 Å². The zero-order chi connectivity index (χ0) is 26.6. The molecule has 37 heavy (non-hydrogen) atoms. The van der Waals surface area contributed by atoms with Crippen molar-refractivity contribution in [2.24, 2.45) is 0 Å². The lowest BCUT2D eigenvalue weighted by molar-refractivity contribution is -0.144. The van der Waals surface area contributed by atoms with Crippen molar-refractivity contribution in [1.82, 2.24) is 30.4 Å². The lowest BCUT2D eigenvalue weighted by atomic mass is 10.0. The van der Waals surface area contributed by atoms with Gasteiger partial charge in [-0.05, 0) is 80.8 Å². The number of aromatic hydroxyl groups is 1. The molecule has 1 aliphatic heterocycles. The van der Waals surface area contributed by atoms with E-state index in [2.05, 4.69) is 20.7 Å². The third-order valence-electron chi connectivity index (χ3n) is 5.84. The van der Waals surface area contributed by atoms with Gasteiger partial charge in [-0.25, -0.2) is 4.39 Å². The van der Waals surface area contributed by atoms with E-state index in [0.717, 1.165) is 17.6 Å². The van der Waals surface area contributed by atoms with E-state index >= 15 is 0 Å². The summed E-state index contributed by atoms with van der Waals surface area (Å²) in [4.78, 5) is 29.9. The Morgan fingerprint density at radius 2 is 1.89 bits per heavy atom. The van der Waals surface area contributed by atoms with Crippen molar-refractivity contribution in [3.8, 4) is 17.1 Å². The highest BCUT2D eigenvalue weighted by Gasteiger charge is 2.36. The molecule has 2 amide bonds. The quantitative estimate of drug-likeness (QED) is 0.478. The van der Waals surface area contributed by atoms with E-state index in [0.29, 0.717) is 17.7 Å². The van der Waals surface area contributed by atoms with Crippen LogP contribution in [0.3, 0.4) is 0 Å². The third kappa shape index (κ3) is 6.88. The molecule has 2 unspecified atom stereocenters. The molecule has 2 heterocycles. The zero-order valence-electron chi connectivity index (χ0n) is 21.1. The van der Waals surface area contributed by atoms with Crippen molar-refractivity contribution in [2.75, 3.05) is 13.2 Å². The highest BCUT2D eigenvalue weighted by Crippen LogP contribution is 2.27. The summed E-state index contributed by atoms with van der Waals surface area (Å²) in [6, 6.07) is 10.9. The SMILES string of the molecule is CC(C)(C)NC(=O)C(c1ccc(O)cc1)N(CC1CCCO1)C(=O)Cn1nnc(-c2ccc(F)cc2)n1. The average molecular weight is 511 g/mol. The van der Waals surface area contributed by atoms with Crippen molar-refractivity contribution in [2.45, 2.75) is 57.8 Å². The fraction of sp³-hybridized carbons (Fsp3) is 0.423. The first kappa shape index (κ1) is 26.2. The van der Waals surface area contributed by atoms with Gasteiger partial charge in [0.25, 0.3) is 0 Å². The number of phenols is 1. The number of nitrogens with zero attached hydrogens (tertiary/aromatic N) is 5. The summed E-state index contributed by atoms with van der Waals surface area (Å²) in [7, 11) is 0. The number of aromatic nitrogens is 4. The van der Waals surface area contributed by atoms with Crippen LogP contribution in [0.5, 0.6) is 5.75 Å². The summed E-state index contributed by atoms with van der Waals surface area (Å²) >= 11 is 0. The van der Waals surface area contributed by atoms with Crippen LogP contribution in [0, 0.1) is 5.82 Å². The summed E-state index contributed by atoms with van der Waals surface area (Å²) in [6.45, 7) is 6.11. The Morgan fingerprint density at radius 3 is 2.51 bits per heavy atom. The van der Waals surface area contributed by atoms with Gasteiger partial charge in [0.1, 0.15) is 24.2 Å². The van der Waals surface area contributed by atoms with Crippen LogP contribution in [0.4, 0.5) is 4.39 Å². The maximum absolute atomic E-state index is 13.7. The van der Waals surface area contributed by atoms with E-state index in [1.165, 1.54) is 41.3 Å². The fourth-order valence-electron chi connectivity index (χ4n) is 4.16. The Kier molecular flexibility index (Phi) is 7.82. The van der Waals surface area contributed by atoms with E-state index in [4.69, 9.17) is 4.74 Å². The highest BCUT2D eigenvalue weighted by atomic mass is 19.1. The number of carbonyl (C=O) groups excluding carboxylic acids is 2. The number of amides is 2. The Hall–Kier alpha value is -3.86. The van der Waals surface area contributed by atoms with Gasteiger partial charge >= 0.3 is 0 Å². The molecule has 1 saturated heterocycles. The van der Waals surface area contributed by atoms with E-state index in [1.807, 2.05) is 20.8 Å². The van der Waals surface area contributed by atoms with E-state index in [9.17, 15) is 19.1 Å². The molecule has 0 spiro atoms. The first-order valence-electron chi connectivity index (χ1n) is 12.1. The van der Waals surface area contributed by atoms with Crippen molar-refractivity contribution < 1.29 is 23.8 Å². The monoisotopic (exact) mass is 510 g/mol. The topological polar surface area (TPSA) is 122 Å². The zero-order valence-corrected chi connectivity index (χ0v) is 21.1. The van der Waals surface area contributed by atoms with Crippen LogP contribution < -0.4 is 5.32 Å². The second kappa shape index (κ2) is 11.0. The van der Waals surface area contributed by atoms with Gasteiger partial charge in [-0.3, -0.25) is 9.59 Å². The molecular weight excluding hydrogens is 479 g/mol. The second-order valence-corrected chi connectivity index (χ2v) is 10.1. The van der Waals surface area contributed by atoms with Crippen molar-refractivity contribution >= 4 is 11.8 Å². The van der Waals surface area contributed by atoms with Gasteiger partial charge in [0.05, 0.1) is 6.10 Å². The number of benzene rings is 2. The number of tetrazole rings is 1. The molecule has 1 fully saturated rings. The standard InChI is InChI=1S/C26H31FN6O4/c1-26(2,3)28-25(36)23(17-8-12-20(34)13-9-17)32(15-21-5-4-14-37-21)22(35)16-33-30-24(29-31-33)18-6-10-19(27)11-7-18/h6-13,21,23,34H,4-5,14-16H2,1-3H3,(H,28,36). The second-order valence-electron chi connectivity index (χ2n) is 10.1. The number of hydrogen-bond acceptors (Lipinski definition) is 7. The summed E-state index contributed by atoms with van der Waals surface area (Å²) in [5.74, 6) is -0.844. The normalized spacial score (nSPS) is 16.4. The van der Waals surface area contributed by atoms with Crippen LogP contribution in [0.1, 0.15) is 45.2 Å². The largest absolute Gasteiger partial charge is 0.508 e. The maximum Gasteiger partial charge on any atom is 0.247 e. The lowest BCUT2D eigenvalue weighted by Gasteiger charge is -2.35. The molecule has 3 aromatic rings. The average Bonchev–Trinajstić information content (AvgIpc) is 3.51. The minimum atomic E-state index is -0.975. The van der Waals surface area contributed by atoms with Gasteiger partial charge in [0, 0.05) is 24.3 Å². The number of ether oxygens (including phenoxy) is 1. The predicted octanol–water partition coefficient (Wildman–Crippen LogP) is 2.85. The van der Waals surface area contributed by atoms with Crippen LogP contribution in [-0.4, -0.2) is 66.8 Å². The molecule has 0 bridgehead atoms. The number of hydrogen-bond donors (Lipinski definition) is 2. The molecule has 2 N–H and O–H groups in total. The van der Waals surface area contributed by atoms with Gasteiger partial charge in [-0.1, -0.05) is 12.1 Å². The molecule has 196 valence electrons. The van der Waals surface area contributed by atoms with Crippen LogP contribution in [0.25, 0.3) is 11.4 Å².